The second-order valence-electron chi connectivity index (χ2n) is 3.01. The molecule has 0 unspecified atom stereocenters. The summed E-state index contributed by atoms with van der Waals surface area (Å²) < 4.78 is 13.5. The summed E-state index contributed by atoms with van der Waals surface area (Å²) in [6.45, 7) is 1.67. The lowest BCUT2D eigenvalue weighted by atomic mass is 10.0. The van der Waals surface area contributed by atoms with Crippen LogP contribution in [-0.2, 0) is 0 Å². The maximum absolute atomic E-state index is 12.9. The van der Waals surface area contributed by atoms with Gasteiger partial charge in [-0.15, -0.1) is 0 Å². The van der Waals surface area contributed by atoms with E-state index in [0.29, 0.717) is 10.0 Å². The average molecular weight is 248 g/mol. The van der Waals surface area contributed by atoms with Crippen LogP contribution in [0.2, 0.25) is 0 Å². The van der Waals surface area contributed by atoms with E-state index < -0.39 is 12.1 Å². The molecule has 0 bridgehead atoms. The number of halogens is 2. The van der Waals surface area contributed by atoms with E-state index >= 15 is 0 Å². The molecule has 0 aliphatic carbocycles. The van der Waals surface area contributed by atoms with Crippen LogP contribution in [0, 0.1) is 5.82 Å². The van der Waals surface area contributed by atoms with Crippen LogP contribution in [0.5, 0.6) is 0 Å². The van der Waals surface area contributed by atoms with E-state index in [1.165, 1.54) is 12.1 Å². The minimum atomic E-state index is -0.827. The third-order valence-electron chi connectivity index (χ3n) is 1.72. The Morgan fingerprint density at radius 3 is 2.54 bits per heavy atom. The minimum absolute atomic E-state index is 0.385. The third kappa shape index (κ3) is 2.76. The van der Waals surface area contributed by atoms with Gasteiger partial charge in [-0.1, -0.05) is 15.9 Å². The first-order chi connectivity index (χ1) is 6.00. The average Bonchev–Trinajstić information content (AvgIpc) is 2.01. The van der Waals surface area contributed by atoms with Crippen LogP contribution in [0.1, 0.15) is 18.6 Å². The monoisotopic (exact) mass is 247 g/mol. The standard InChI is InChI=1S/C9H11BrFNO/c1-5(12)9(13)6-2-7(10)4-8(11)3-6/h2-5,9,13H,12H2,1H3/t5-,9-/m0/s1. The van der Waals surface area contributed by atoms with Crippen LogP contribution >= 0.6 is 15.9 Å². The molecule has 0 amide bonds. The van der Waals surface area contributed by atoms with Crippen LogP contribution in [0.4, 0.5) is 4.39 Å². The fraction of sp³-hybridized carbons (Fsp3) is 0.333. The summed E-state index contributed by atoms with van der Waals surface area (Å²) in [6, 6.07) is 3.85. The molecule has 0 aromatic heterocycles. The fourth-order valence-corrected chi connectivity index (χ4v) is 1.53. The molecule has 0 saturated heterocycles. The van der Waals surface area contributed by atoms with Crippen molar-refractivity contribution in [3.05, 3.63) is 34.1 Å². The van der Waals surface area contributed by atoms with Gasteiger partial charge in [0.25, 0.3) is 0 Å². The van der Waals surface area contributed by atoms with E-state index in [9.17, 15) is 9.50 Å². The summed E-state index contributed by atoms with van der Waals surface area (Å²) in [5.74, 6) is -0.385. The third-order valence-corrected chi connectivity index (χ3v) is 2.18. The highest BCUT2D eigenvalue weighted by atomic mass is 79.9. The largest absolute Gasteiger partial charge is 0.387 e. The SMILES string of the molecule is C[C@H](N)[C@H](O)c1cc(F)cc(Br)c1. The Kier molecular flexibility index (Phi) is 3.41. The highest BCUT2D eigenvalue weighted by molar-refractivity contribution is 9.10. The second kappa shape index (κ2) is 4.17. The quantitative estimate of drug-likeness (QED) is 0.840. The van der Waals surface area contributed by atoms with Crippen LogP contribution < -0.4 is 5.73 Å². The first-order valence-electron chi connectivity index (χ1n) is 3.90. The molecule has 0 radical (unpaired) electrons. The number of hydrogen-bond acceptors (Lipinski definition) is 2. The molecule has 0 heterocycles. The van der Waals surface area contributed by atoms with Gasteiger partial charge in [0, 0.05) is 10.5 Å². The molecule has 1 rings (SSSR count). The zero-order valence-electron chi connectivity index (χ0n) is 7.17. The smallest absolute Gasteiger partial charge is 0.124 e. The zero-order valence-corrected chi connectivity index (χ0v) is 8.75. The van der Waals surface area contributed by atoms with Crippen molar-refractivity contribution in [2.45, 2.75) is 19.1 Å². The normalized spacial score (nSPS) is 15.5. The molecule has 1 aromatic carbocycles. The van der Waals surface area contributed by atoms with Crippen molar-refractivity contribution in [1.29, 1.82) is 0 Å². The van der Waals surface area contributed by atoms with Gasteiger partial charge in [-0.2, -0.15) is 0 Å². The van der Waals surface area contributed by atoms with Gasteiger partial charge in [0.15, 0.2) is 0 Å². The summed E-state index contributed by atoms with van der Waals surface area (Å²) in [6.07, 6.45) is -0.827. The van der Waals surface area contributed by atoms with Crippen LogP contribution in [0.15, 0.2) is 22.7 Å². The Morgan fingerprint density at radius 1 is 1.46 bits per heavy atom. The Morgan fingerprint density at radius 2 is 2.08 bits per heavy atom. The van der Waals surface area contributed by atoms with Crippen LogP contribution in [0.3, 0.4) is 0 Å². The van der Waals surface area contributed by atoms with Crippen molar-refractivity contribution in [3.8, 4) is 0 Å². The Bertz CT molecular complexity index is 283. The van der Waals surface area contributed by atoms with Crippen LogP contribution in [0.25, 0.3) is 0 Å². The number of aliphatic hydroxyl groups is 1. The zero-order chi connectivity index (χ0) is 10.0. The molecule has 0 saturated carbocycles. The van der Waals surface area contributed by atoms with Crippen molar-refractivity contribution in [1.82, 2.24) is 0 Å². The lowest BCUT2D eigenvalue weighted by molar-refractivity contribution is 0.153. The van der Waals surface area contributed by atoms with Gasteiger partial charge in [-0.3, -0.25) is 0 Å². The summed E-state index contributed by atoms with van der Waals surface area (Å²) in [5, 5.41) is 9.53. The maximum Gasteiger partial charge on any atom is 0.124 e. The first-order valence-corrected chi connectivity index (χ1v) is 4.69. The molecule has 1 aromatic rings. The molecule has 0 fully saturated rings. The molecule has 0 spiro atoms. The number of benzene rings is 1. The highest BCUT2D eigenvalue weighted by Crippen LogP contribution is 2.21. The van der Waals surface area contributed by atoms with E-state index in [-0.39, 0.29) is 5.82 Å². The van der Waals surface area contributed by atoms with Crippen molar-refractivity contribution in [2.24, 2.45) is 5.73 Å². The molecule has 0 aliphatic heterocycles. The van der Waals surface area contributed by atoms with Gasteiger partial charge in [0.1, 0.15) is 5.82 Å². The Hall–Kier alpha value is -0.450. The van der Waals surface area contributed by atoms with Crippen molar-refractivity contribution < 1.29 is 9.50 Å². The molecule has 72 valence electrons. The Labute approximate surface area is 84.7 Å². The molecular formula is C9H11BrFNO. The topological polar surface area (TPSA) is 46.2 Å². The number of nitrogens with two attached hydrogens (primary N) is 1. The fourth-order valence-electron chi connectivity index (χ4n) is 1.05. The second-order valence-corrected chi connectivity index (χ2v) is 3.92. The molecule has 13 heavy (non-hydrogen) atoms. The lowest BCUT2D eigenvalue weighted by Gasteiger charge is -2.14. The molecule has 0 aliphatic rings. The van der Waals surface area contributed by atoms with Gasteiger partial charge in [0.05, 0.1) is 6.10 Å². The first kappa shape index (κ1) is 10.6. The van der Waals surface area contributed by atoms with E-state index in [4.69, 9.17) is 5.73 Å². The summed E-state index contributed by atoms with van der Waals surface area (Å²) in [4.78, 5) is 0. The molecule has 2 atom stereocenters. The van der Waals surface area contributed by atoms with Crippen LogP contribution in [-0.4, -0.2) is 11.1 Å². The van der Waals surface area contributed by atoms with Gasteiger partial charge in [0.2, 0.25) is 0 Å². The molecule has 2 nitrogen and oxygen atoms in total. The molecule has 3 N–H and O–H groups in total. The number of hydrogen-bond donors (Lipinski definition) is 2. The van der Waals surface area contributed by atoms with Crippen molar-refractivity contribution >= 4 is 15.9 Å². The van der Waals surface area contributed by atoms with E-state index in [0.717, 1.165) is 0 Å². The predicted molar refractivity (Wildman–Crippen MR) is 52.7 cm³/mol. The van der Waals surface area contributed by atoms with Gasteiger partial charge in [-0.25, -0.2) is 4.39 Å². The Balaban J connectivity index is 3.01. The van der Waals surface area contributed by atoms with Crippen molar-refractivity contribution in [3.63, 3.8) is 0 Å². The summed E-state index contributed by atoms with van der Waals surface area (Å²) in [5.41, 5.74) is 5.97. The molecule has 4 heteroatoms. The lowest BCUT2D eigenvalue weighted by Crippen LogP contribution is -2.24. The minimum Gasteiger partial charge on any atom is -0.387 e. The molecular weight excluding hydrogens is 237 g/mol. The summed E-state index contributed by atoms with van der Waals surface area (Å²) >= 11 is 3.14. The van der Waals surface area contributed by atoms with Gasteiger partial charge < -0.3 is 10.8 Å². The van der Waals surface area contributed by atoms with Gasteiger partial charge >= 0.3 is 0 Å². The predicted octanol–water partition coefficient (Wildman–Crippen LogP) is 1.97. The number of rotatable bonds is 2. The van der Waals surface area contributed by atoms with E-state index in [1.807, 2.05) is 0 Å². The van der Waals surface area contributed by atoms with E-state index in [2.05, 4.69) is 15.9 Å². The summed E-state index contributed by atoms with van der Waals surface area (Å²) in [7, 11) is 0. The highest BCUT2D eigenvalue weighted by Gasteiger charge is 2.13. The van der Waals surface area contributed by atoms with E-state index in [1.54, 1.807) is 13.0 Å². The number of aliphatic hydroxyl groups excluding tert-OH is 1. The van der Waals surface area contributed by atoms with Crippen molar-refractivity contribution in [2.75, 3.05) is 0 Å². The maximum atomic E-state index is 12.9. The van der Waals surface area contributed by atoms with Gasteiger partial charge in [-0.05, 0) is 30.7 Å².